The Bertz CT molecular complexity index is 458. The van der Waals surface area contributed by atoms with E-state index in [-0.39, 0.29) is 5.41 Å². The van der Waals surface area contributed by atoms with Crippen molar-refractivity contribution in [3.8, 4) is 0 Å². The molecule has 0 amide bonds. The standard InChI is InChI=1S/C14H12O/c1-2-4-7-12-8-6-9-13-14(12,11-15-13)10-5-3-1/h1-10H,11H2/b3-1-,4-2-,10-5?,12-7?. The van der Waals surface area contributed by atoms with Crippen LogP contribution in [0, 0.1) is 5.41 Å². The van der Waals surface area contributed by atoms with E-state index in [0.717, 1.165) is 12.4 Å². The highest BCUT2D eigenvalue weighted by atomic mass is 16.5. The third kappa shape index (κ3) is 1.16. The smallest absolute Gasteiger partial charge is 0.114 e. The van der Waals surface area contributed by atoms with Gasteiger partial charge in [0, 0.05) is 0 Å². The Labute approximate surface area is 89.4 Å². The highest BCUT2D eigenvalue weighted by Gasteiger charge is 2.45. The topological polar surface area (TPSA) is 9.23 Å². The molecule has 1 atom stereocenters. The SMILES string of the molecule is C1=CC2=C/C=C\C=C/C=CC23COC3=C1. The van der Waals surface area contributed by atoms with Crippen molar-refractivity contribution < 1.29 is 4.74 Å². The van der Waals surface area contributed by atoms with Crippen LogP contribution < -0.4 is 0 Å². The van der Waals surface area contributed by atoms with Crippen molar-refractivity contribution in [2.24, 2.45) is 5.41 Å². The Morgan fingerprint density at radius 3 is 2.67 bits per heavy atom. The molecule has 0 radical (unpaired) electrons. The first-order valence-electron chi connectivity index (χ1n) is 5.17. The first-order valence-corrected chi connectivity index (χ1v) is 5.17. The van der Waals surface area contributed by atoms with E-state index in [9.17, 15) is 0 Å². The average molecular weight is 196 g/mol. The first-order chi connectivity index (χ1) is 7.42. The third-order valence-corrected chi connectivity index (χ3v) is 3.03. The molecular weight excluding hydrogens is 184 g/mol. The first kappa shape index (κ1) is 8.54. The van der Waals surface area contributed by atoms with Gasteiger partial charge in [-0.1, -0.05) is 54.7 Å². The highest BCUT2D eigenvalue weighted by Crippen LogP contribution is 2.49. The molecule has 15 heavy (non-hydrogen) atoms. The van der Waals surface area contributed by atoms with Crippen molar-refractivity contribution in [1.82, 2.24) is 0 Å². The van der Waals surface area contributed by atoms with Crippen LogP contribution in [0.25, 0.3) is 0 Å². The number of allylic oxidation sites excluding steroid dienone is 9. The van der Waals surface area contributed by atoms with E-state index in [0.29, 0.717) is 0 Å². The molecule has 0 aromatic carbocycles. The number of hydrogen-bond donors (Lipinski definition) is 0. The lowest BCUT2D eigenvalue weighted by molar-refractivity contribution is 0.0214. The van der Waals surface area contributed by atoms with Gasteiger partial charge in [-0.2, -0.15) is 0 Å². The molecule has 1 saturated heterocycles. The molecule has 74 valence electrons. The van der Waals surface area contributed by atoms with E-state index in [4.69, 9.17) is 4.74 Å². The summed E-state index contributed by atoms with van der Waals surface area (Å²) in [7, 11) is 0. The molecule has 3 aliphatic rings. The number of hydrogen-bond acceptors (Lipinski definition) is 1. The lowest BCUT2D eigenvalue weighted by Crippen LogP contribution is -2.40. The van der Waals surface area contributed by atoms with E-state index in [1.54, 1.807) is 0 Å². The Morgan fingerprint density at radius 2 is 1.80 bits per heavy atom. The molecule has 1 aliphatic heterocycles. The maximum atomic E-state index is 5.50. The molecule has 1 fully saturated rings. The van der Waals surface area contributed by atoms with Gasteiger partial charge >= 0.3 is 0 Å². The van der Waals surface area contributed by atoms with Gasteiger partial charge in [0.05, 0.1) is 0 Å². The number of ether oxygens (including phenoxy) is 1. The van der Waals surface area contributed by atoms with E-state index in [2.05, 4.69) is 42.5 Å². The molecular formula is C14H12O. The fourth-order valence-corrected chi connectivity index (χ4v) is 2.12. The van der Waals surface area contributed by atoms with E-state index < -0.39 is 0 Å². The highest BCUT2D eigenvalue weighted by molar-refractivity contribution is 5.51. The van der Waals surface area contributed by atoms with Gasteiger partial charge < -0.3 is 4.74 Å². The van der Waals surface area contributed by atoms with Crippen LogP contribution in [0.15, 0.2) is 72.1 Å². The van der Waals surface area contributed by atoms with Crippen LogP contribution in [0.2, 0.25) is 0 Å². The van der Waals surface area contributed by atoms with Crippen LogP contribution >= 0.6 is 0 Å². The van der Waals surface area contributed by atoms with Crippen molar-refractivity contribution in [2.45, 2.75) is 0 Å². The molecule has 1 nitrogen and oxygen atoms in total. The minimum atomic E-state index is 0.00771. The molecule has 0 N–H and O–H groups in total. The van der Waals surface area contributed by atoms with Crippen LogP contribution in [0.4, 0.5) is 0 Å². The minimum Gasteiger partial charge on any atom is -0.495 e. The zero-order valence-electron chi connectivity index (χ0n) is 8.39. The zero-order chi connectivity index (χ0) is 10.1. The van der Waals surface area contributed by atoms with Crippen molar-refractivity contribution in [2.75, 3.05) is 6.61 Å². The zero-order valence-corrected chi connectivity index (χ0v) is 8.39. The van der Waals surface area contributed by atoms with Gasteiger partial charge in [0.15, 0.2) is 0 Å². The van der Waals surface area contributed by atoms with Gasteiger partial charge in [-0.25, -0.2) is 0 Å². The van der Waals surface area contributed by atoms with Gasteiger partial charge in [0.2, 0.25) is 0 Å². The predicted octanol–water partition coefficient (Wildman–Crippen LogP) is 3.07. The summed E-state index contributed by atoms with van der Waals surface area (Å²) < 4.78 is 5.50. The van der Waals surface area contributed by atoms with E-state index in [1.807, 2.05) is 18.2 Å². The summed E-state index contributed by atoms with van der Waals surface area (Å²) in [4.78, 5) is 0. The summed E-state index contributed by atoms with van der Waals surface area (Å²) in [6.07, 6.45) is 20.9. The van der Waals surface area contributed by atoms with Crippen molar-refractivity contribution >= 4 is 0 Å². The largest absolute Gasteiger partial charge is 0.495 e. The molecule has 0 aromatic rings. The second-order valence-corrected chi connectivity index (χ2v) is 3.90. The molecule has 1 heteroatoms. The fourth-order valence-electron chi connectivity index (χ4n) is 2.12. The monoisotopic (exact) mass is 196 g/mol. The predicted molar refractivity (Wildman–Crippen MR) is 61.1 cm³/mol. The van der Waals surface area contributed by atoms with Gasteiger partial charge in [-0.15, -0.1) is 0 Å². The molecule has 1 spiro atoms. The van der Waals surface area contributed by atoms with Crippen LogP contribution in [0.5, 0.6) is 0 Å². The Morgan fingerprint density at radius 1 is 0.933 bits per heavy atom. The Kier molecular flexibility index (Phi) is 1.78. The number of rotatable bonds is 0. The van der Waals surface area contributed by atoms with Crippen LogP contribution in [-0.2, 0) is 4.74 Å². The third-order valence-electron chi connectivity index (χ3n) is 3.03. The second-order valence-electron chi connectivity index (χ2n) is 3.90. The van der Waals surface area contributed by atoms with Crippen LogP contribution in [0.3, 0.4) is 0 Å². The average Bonchev–Trinajstić information content (AvgIpc) is 2.32. The Balaban J connectivity index is 2.14. The van der Waals surface area contributed by atoms with Crippen LogP contribution in [0.1, 0.15) is 0 Å². The van der Waals surface area contributed by atoms with Crippen molar-refractivity contribution in [3.63, 3.8) is 0 Å². The lowest BCUT2D eigenvalue weighted by atomic mass is 9.72. The van der Waals surface area contributed by atoms with Crippen LogP contribution in [-0.4, -0.2) is 6.61 Å². The molecule has 1 heterocycles. The summed E-state index contributed by atoms with van der Waals surface area (Å²) >= 11 is 0. The second kappa shape index (κ2) is 3.13. The quantitative estimate of drug-likeness (QED) is 0.578. The fraction of sp³-hybridized carbons (Fsp3) is 0.143. The summed E-state index contributed by atoms with van der Waals surface area (Å²) in [6.45, 7) is 0.757. The van der Waals surface area contributed by atoms with E-state index >= 15 is 0 Å². The Hall–Kier alpha value is -1.76. The molecule has 0 aromatic heterocycles. The molecule has 3 rings (SSSR count). The van der Waals surface area contributed by atoms with Gasteiger partial charge in [0.1, 0.15) is 17.8 Å². The molecule has 0 saturated carbocycles. The molecule has 2 aliphatic carbocycles. The normalized spacial score (nSPS) is 35.2. The summed E-state index contributed by atoms with van der Waals surface area (Å²) in [6, 6.07) is 0. The van der Waals surface area contributed by atoms with Gasteiger partial charge in [-0.05, 0) is 11.6 Å². The van der Waals surface area contributed by atoms with E-state index in [1.165, 1.54) is 5.57 Å². The maximum Gasteiger partial charge on any atom is 0.114 e. The molecule has 1 unspecified atom stereocenters. The van der Waals surface area contributed by atoms with Crippen molar-refractivity contribution in [3.05, 3.63) is 72.1 Å². The summed E-state index contributed by atoms with van der Waals surface area (Å²) in [5, 5.41) is 0. The van der Waals surface area contributed by atoms with Crippen molar-refractivity contribution in [1.29, 1.82) is 0 Å². The molecule has 0 bridgehead atoms. The minimum absolute atomic E-state index is 0.00771. The summed E-state index contributed by atoms with van der Waals surface area (Å²) in [5.41, 5.74) is 1.32. The van der Waals surface area contributed by atoms with Gasteiger partial charge in [0.25, 0.3) is 0 Å². The summed E-state index contributed by atoms with van der Waals surface area (Å²) in [5.74, 6) is 1.07. The lowest BCUT2D eigenvalue weighted by Gasteiger charge is -2.44. The van der Waals surface area contributed by atoms with Gasteiger partial charge in [-0.3, -0.25) is 0 Å². The maximum absolute atomic E-state index is 5.50.